The highest BCUT2D eigenvalue weighted by molar-refractivity contribution is 6.00. The molecule has 1 aromatic carbocycles. The van der Waals surface area contributed by atoms with Gasteiger partial charge in [0.05, 0.1) is 11.2 Å². The molecule has 4 aromatic heterocycles. The lowest BCUT2D eigenvalue weighted by atomic mass is 9.99. The molecule has 0 saturated carbocycles. The van der Waals surface area contributed by atoms with Crippen molar-refractivity contribution in [2.45, 2.75) is 13.5 Å². The molecule has 1 fully saturated rings. The zero-order valence-corrected chi connectivity index (χ0v) is 18.8. The van der Waals surface area contributed by atoms with E-state index in [2.05, 4.69) is 41.4 Å². The first-order chi connectivity index (χ1) is 16.5. The van der Waals surface area contributed by atoms with Gasteiger partial charge in [-0.3, -0.25) is 10.00 Å². The van der Waals surface area contributed by atoms with Gasteiger partial charge in [0.1, 0.15) is 5.65 Å². The Morgan fingerprint density at radius 2 is 1.91 bits per heavy atom. The molecule has 0 atom stereocenters. The van der Waals surface area contributed by atoms with E-state index >= 15 is 0 Å². The van der Waals surface area contributed by atoms with E-state index in [4.69, 9.17) is 5.73 Å². The van der Waals surface area contributed by atoms with Gasteiger partial charge in [-0.2, -0.15) is 9.49 Å². The lowest BCUT2D eigenvalue weighted by molar-refractivity contribution is 0.230. The average Bonchev–Trinajstić information content (AvgIpc) is 3.43. The van der Waals surface area contributed by atoms with Gasteiger partial charge in [0.25, 0.3) is 0 Å². The highest BCUT2D eigenvalue weighted by Crippen LogP contribution is 2.35. The number of nitrogens with one attached hydrogen (secondary N) is 3. The van der Waals surface area contributed by atoms with Gasteiger partial charge in [0.15, 0.2) is 5.82 Å². The zero-order valence-electron chi connectivity index (χ0n) is 18.8. The molecule has 9 heteroatoms. The van der Waals surface area contributed by atoms with Crippen LogP contribution in [0.5, 0.6) is 0 Å². The van der Waals surface area contributed by atoms with Crippen molar-refractivity contribution < 1.29 is 4.39 Å². The summed E-state index contributed by atoms with van der Waals surface area (Å²) >= 11 is 0. The van der Waals surface area contributed by atoms with E-state index in [1.165, 1.54) is 6.07 Å². The summed E-state index contributed by atoms with van der Waals surface area (Å²) in [6.07, 6.45) is 1.78. The number of aromatic amines is 2. The van der Waals surface area contributed by atoms with E-state index in [9.17, 15) is 4.39 Å². The Balaban J connectivity index is 1.41. The molecule has 1 aliphatic rings. The molecule has 0 spiro atoms. The van der Waals surface area contributed by atoms with Gasteiger partial charge in [0.2, 0.25) is 5.95 Å². The van der Waals surface area contributed by atoms with Crippen LogP contribution in [0.1, 0.15) is 11.3 Å². The summed E-state index contributed by atoms with van der Waals surface area (Å²) in [5.41, 5.74) is 13.1. The first-order valence-corrected chi connectivity index (χ1v) is 11.4. The van der Waals surface area contributed by atoms with E-state index in [0.717, 1.165) is 81.8 Å². The average molecular weight is 457 g/mol. The van der Waals surface area contributed by atoms with Crippen molar-refractivity contribution in [2.75, 3.05) is 31.9 Å². The number of rotatable bonds is 4. The molecule has 5 aromatic rings. The molecule has 1 aliphatic heterocycles. The second-order valence-electron chi connectivity index (χ2n) is 8.82. The molecule has 0 aliphatic carbocycles. The Labute approximate surface area is 195 Å². The van der Waals surface area contributed by atoms with Crippen molar-refractivity contribution in [3.8, 4) is 22.4 Å². The second-order valence-corrected chi connectivity index (χ2v) is 8.82. The van der Waals surface area contributed by atoms with Crippen molar-refractivity contribution in [1.82, 2.24) is 35.4 Å². The van der Waals surface area contributed by atoms with Crippen LogP contribution in [0, 0.1) is 12.9 Å². The van der Waals surface area contributed by atoms with Crippen LogP contribution in [-0.2, 0) is 6.54 Å². The summed E-state index contributed by atoms with van der Waals surface area (Å²) < 4.78 is 14.5. The number of hydrogen-bond acceptors (Lipinski definition) is 6. The fourth-order valence-electron chi connectivity index (χ4n) is 4.79. The standard InChI is InChI=1S/C25H25FN8/c1-14-8-15(10-20-23(14)32-33-24(20)27)18-2-3-29-25-19(18)12-21(31-25)16-9-17(30-22(26)11-16)13-34-6-4-28-5-7-34/h2-3,8-12,28H,4-7,13H2,1H3,(H,29,31)(H3,27,32,33). The van der Waals surface area contributed by atoms with Crippen molar-refractivity contribution in [2.24, 2.45) is 0 Å². The molecular formula is C25H25FN8. The monoisotopic (exact) mass is 456 g/mol. The van der Waals surface area contributed by atoms with Crippen LogP contribution in [0.15, 0.2) is 42.6 Å². The number of anilines is 1. The van der Waals surface area contributed by atoms with Gasteiger partial charge in [-0.1, -0.05) is 0 Å². The normalized spacial score (nSPS) is 14.9. The van der Waals surface area contributed by atoms with Gasteiger partial charge in [-0.05, 0) is 53.9 Å². The van der Waals surface area contributed by atoms with E-state index in [1.807, 2.05) is 31.2 Å². The number of aromatic nitrogens is 5. The third kappa shape index (κ3) is 3.68. The molecule has 5 N–H and O–H groups in total. The van der Waals surface area contributed by atoms with Crippen LogP contribution >= 0.6 is 0 Å². The molecule has 5 heterocycles. The summed E-state index contributed by atoms with van der Waals surface area (Å²) in [5.74, 6) is -0.00438. The Morgan fingerprint density at radius 1 is 1.06 bits per heavy atom. The number of nitrogens with two attached hydrogens (primary N) is 1. The summed E-state index contributed by atoms with van der Waals surface area (Å²) in [6, 6.07) is 11.6. The molecule has 0 unspecified atom stereocenters. The smallest absolute Gasteiger partial charge is 0.213 e. The predicted octanol–water partition coefficient (Wildman–Crippen LogP) is 3.60. The maximum atomic E-state index is 14.5. The van der Waals surface area contributed by atoms with Crippen molar-refractivity contribution in [3.05, 3.63) is 59.8 Å². The first-order valence-electron chi connectivity index (χ1n) is 11.4. The number of hydrogen-bond donors (Lipinski definition) is 4. The number of benzene rings is 1. The third-order valence-corrected chi connectivity index (χ3v) is 6.50. The molecule has 1 saturated heterocycles. The Morgan fingerprint density at radius 3 is 2.76 bits per heavy atom. The summed E-state index contributed by atoms with van der Waals surface area (Å²) in [5, 5.41) is 12.3. The van der Waals surface area contributed by atoms with Crippen LogP contribution in [-0.4, -0.2) is 56.2 Å². The Kier molecular flexibility index (Phi) is 5.00. The number of aryl methyl sites for hydroxylation is 1. The SMILES string of the molecule is Cc1cc(-c2ccnc3[nH]c(-c4cc(F)nc(CN5CCNCC5)c4)cc23)cc2c(N)n[nH]c12. The number of piperazine rings is 1. The highest BCUT2D eigenvalue weighted by atomic mass is 19.1. The topological polar surface area (TPSA) is 112 Å². The number of pyridine rings is 2. The first kappa shape index (κ1) is 20.8. The maximum Gasteiger partial charge on any atom is 0.213 e. The van der Waals surface area contributed by atoms with E-state index in [0.29, 0.717) is 12.4 Å². The van der Waals surface area contributed by atoms with Crippen molar-refractivity contribution in [1.29, 1.82) is 0 Å². The van der Waals surface area contributed by atoms with Crippen LogP contribution in [0.3, 0.4) is 0 Å². The minimum atomic E-state index is -0.481. The molecular weight excluding hydrogens is 431 g/mol. The Hall–Kier alpha value is -3.82. The molecule has 6 rings (SSSR count). The maximum absolute atomic E-state index is 14.5. The number of H-pyrrole nitrogens is 2. The molecule has 8 nitrogen and oxygen atoms in total. The predicted molar refractivity (Wildman–Crippen MR) is 132 cm³/mol. The lowest BCUT2D eigenvalue weighted by Crippen LogP contribution is -2.43. The van der Waals surface area contributed by atoms with Gasteiger partial charge in [-0.25, -0.2) is 9.97 Å². The third-order valence-electron chi connectivity index (χ3n) is 6.50. The van der Waals surface area contributed by atoms with Crippen molar-refractivity contribution >= 4 is 27.8 Å². The number of halogens is 1. The van der Waals surface area contributed by atoms with Crippen LogP contribution in [0.4, 0.5) is 10.2 Å². The van der Waals surface area contributed by atoms with Crippen LogP contribution < -0.4 is 11.1 Å². The minimum Gasteiger partial charge on any atom is -0.382 e. The van der Waals surface area contributed by atoms with E-state index in [-0.39, 0.29) is 0 Å². The van der Waals surface area contributed by atoms with Gasteiger partial charge in [0, 0.05) is 67.0 Å². The second kappa shape index (κ2) is 8.19. The number of fused-ring (bicyclic) bond motifs is 2. The molecule has 0 radical (unpaired) electrons. The summed E-state index contributed by atoms with van der Waals surface area (Å²) in [7, 11) is 0. The Bertz CT molecular complexity index is 1510. The lowest BCUT2D eigenvalue weighted by Gasteiger charge is -2.26. The number of nitrogens with zero attached hydrogens (tertiary/aromatic N) is 4. The molecule has 172 valence electrons. The molecule has 0 amide bonds. The zero-order chi connectivity index (χ0) is 23.2. The van der Waals surface area contributed by atoms with Crippen LogP contribution in [0.25, 0.3) is 44.3 Å². The minimum absolute atomic E-state index is 0.476. The van der Waals surface area contributed by atoms with E-state index in [1.54, 1.807) is 6.20 Å². The van der Waals surface area contributed by atoms with Crippen LogP contribution in [0.2, 0.25) is 0 Å². The number of nitrogen functional groups attached to an aromatic ring is 1. The van der Waals surface area contributed by atoms with E-state index < -0.39 is 5.95 Å². The van der Waals surface area contributed by atoms with Gasteiger partial charge < -0.3 is 16.0 Å². The largest absolute Gasteiger partial charge is 0.382 e. The molecule has 34 heavy (non-hydrogen) atoms. The highest BCUT2D eigenvalue weighted by Gasteiger charge is 2.16. The summed E-state index contributed by atoms with van der Waals surface area (Å²) in [4.78, 5) is 14.3. The fraction of sp³-hybridized carbons (Fsp3) is 0.240. The summed E-state index contributed by atoms with van der Waals surface area (Å²) in [6.45, 7) is 6.39. The van der Waals surface area contributed by atoms with Gasteiger partial charge in [-0.15, -0.1) is 0 Å². The fourth-order valence-corrected chi connectivity index (χ4v) is 4.79. The quantitative estimate of drug-likeness (QED) is 0.308. The molecule has 0 bridgehead atoms. The van der Waals surface area contributed by atoms with Gasteiger partial charge >= 0.3 is 0 Å². The van der Waals surface area contributed by atoms with Crippen molar-refractivity contribution in [3.63, 3.8) is 0 Å².